The van der Waals surface area contributed by atoms with Gasteiger partial charge in [-0.15, -0.1) is 4.70 Å². The number of aryl methyl sites for hydroxylation is 4. The molecule has 81 heavy (non-hydrogen) atoms. The van der Waals surface area contributed by atoms with Crippen LogP contribution in [0.5, 0.6) is 0 Å². The van der Waals surface area contributed by atoms with Gasteiger partial charge in [0, 0.05) is 69.2 Å². The number of quaternary nitrogens is 4. The maximum atomic E-state index is 6.07. The molecule has 0 aliphatic carbocycles. The number of hydrogen-bond acceptors (Lipinski definition) is 11. The summed E-state index contributed by atoms with van der Waals surface area (Å²) in [6.45, 7) is 12.1. The summed E-state index contributed by atoms with van der Waals surface area (Å²) in [4.78, 5) is 19.0. The molecule has 0 aliphatic rings. The van der Waals surface area contributed by atoms with E-state index in [2.05, 4.69) is 117 Å². The maximum absolute atomic E-state index is 6.07. The van der Waals surface area contributed by atoms with Gasteiger partial charge >= 0.3 is 0 Å². The van der Waals surface area contributed by atoms with Crippen molar-refractivity contribution >= 4 is 68.7 Å². The Bertz CT molecular complexity index is 3370. The summed E-state index contributed by atoms with van der Waals surface area (Å²) in [5.41, 5.74) is 23.2. The molecule has 0 radical (unpaired) electrons. The van der Waals surface area contributed by atoms with Crippen molar-refractivity contribution in [3.05, 3.63) is 119 Å². The van der Waals surface area contributed by atoms with E-state index in [1.165, 1.54) is 22.3 Å². The first kappa shape index (κ1) is 60.7. The van der Waals surface area contributed by atoms with Gasteiger partial charge in [0.05, 0.1) is 115 Å². The van der Waals surface area contributed by atoms with E-state index in [1.54, 1.807) is 0 Å². The first-order valence-corrected chi connectivity index (χ1v) is 29.8. The van der Waals surface area contributed by atoms with Crippen LogP contribution in [0.4, 0.5) is 0 Å². The Hall–Kier alpha value is -6.40. The van der Waals surface area contributed by atoms with Gasteiger partial charge in [0.1, 0.15) is 28.6 Å². The van der Waals surface area contributed by atoms with Crippen molar-refractivity contribution in [3.8, 4) is 0 Å². The van der Waals surface area contributed by atoms with Crippen LogP contribution in [0.15, 0.2) is 95.6 Å². The minimum absolute atomic E-state index is 0.538. The second-order valence-electron chi connectivity index (χ2n) is 25.3. The number of nitrogens with zero attached hydrogens (tertiary/aromatic N) is 10. The zero-order valence-corrected chi connectivity index (χ0v) is 50.5. The first-order chi connectivity index (χ1) is 38.8. The van der Waals surface area contributed by atoms with E-state index in [0.717, 1.165) is 218 Å². The quantitative estimate of drug-likeness (QED) is 0.0171. The monoisotopic (exact) mass is 1110 g/mol. The summed E-state index contributed by atoms with van der Waals surface area (Å²) in [5.74, 6) is 2.15. The number of oxazole rings is 4. The van der Waals surface area contributed by atoms with Crippen molar-refractivity contribution in [1.82, 2.24) is 19.9 Å². The molecule has 4 aromatic heterocycles. The van der Waals surface area contributed by atoms with E-state index in [9.17, 15) is 0 Å². The van der Waals surface area contributed by atoms with Crippen LogP contribution in [0.3, 0.4) is 0 Å². The smallest absolute Gasteiger partial charge is 0.220 e. The molecule has 8 aromatic rings. The molecule has 0 spiro atoms. The normalized spacial score (nSPS) is 13.3. The van der Waals surface area contributed by atoms with E-state index in [0.29, 0.717) is 23.6 Å². The van der Waals surface area contributed by atoms with Crippen LogP contribution >= 0.6 is 0 Å². The van der Waals surface area contributed by atoms with E-state index in [-0.39, 0.29) is 0 Å². The molecule has 8 rings (SSSR count). The average molecular weight is 1110 g/mol. The van der Waals surface area contributed by atoms with Crippen molar-refractivity contribution in [1.29, 1.82) is 0 Å². The van der Waals surface area contributed by atoms with Crippen molar-refractivity contribution < 1.29 is 40.3 Å². The molecular formula is C65H95N12O4+5. The molecule has 16 heteroatoms. The minimum atomic E-state index is 0.538. The van der Waals surface area contributed by atoms with Crippen molar-refractivity contribution in [2.24, 2.45) is 16.6 Å². The Balaban J connectivity index is 0.694. The van der Waals surface area contributed by atoms with Crippen molar-refractivity contribution in [2.45, 2.75) is 77.0 Å². The Morgan fingerprint density at radius 1 is 0.395 bits per heavy atom. The number of azo groups is 2. The largest absolute Gasteiger partial charge is 0.437 e. The second-order valence-corrected chi connectivity index (χ2v) is 25.3. The maximum Gasteiger partial charge on any atom is 0.220 e. The van der Waals surface area contributed by atoms with E-state index < -0.39 is 0 Å². The van der Waals surface area contributed by atoms with Crippen molar-refractivity contribution in [3.63, 3.8) is 0 Å². The molecule has 0 amide bonds. The lowest BCUT2D eigenvalue weighted by molar-refractivity contribution is -0.891. The van der Waals surface area contributed by atoms with Crippen LogP contribution in [0, 0.1) is 0 Å². The average Bonchev–Trinajstić information content (AvgIpc) is 4.45. The van der Waals surface area contributed by atoms with E-state index in [1.807, 2.05) is 48.6 Å². The molecule has 4 N–H and O–H groups in total. The third-order valence-corrected chi connectivity index (χ3v) is 16.0. The van der Waals surface area contributed by atoms with Crippen molar-refractivity contribution in [2.75, 3.05) is 142 Å². The summed E-state index contributed by atoms with van der Waals surface area (Å²) < 4.78 is 30.3. The highest BCUT2D eigenvalue weighted by Gasteiger charge is 2.20. The molecule has 0 atom stereocenters. The van der Waals surface area contributed by atoms with Gasteiger partial charge in [-0.2, -0.15) is 0 Å². The van der Waals surface area contributed by atoms with Gasteiger partial charge in [0.25, 0.3) is 0 Å². The van der Waals surface area contributed by atoms with Gasteiger partial charge in [-0.3, -0.25) is 0 Å². The molecule has 4 aromatic carbocycles. The predicted molar refractivity (Wildman–Crippen MR) is 329 cm³/mol. The second kappa shape index (κ2) is 28.1. The van der Waals surface area contributed by atoms with Gasteiger partial charge in [-0.05, 0) is 115 Å². The highest BCUT2D eigenvalue weighted by Crippen LogP contribution is 2.25. The van der Waals surface area contributed by atoms with Crippen LogP contribution < -0.4 is 11.5 Å². The molecule has 0 bridgehead atoms. The number of nitrogens with two attached hydrogens (primary N) is 2. The number of benzene rings is 4. The molecule has 434 valence electrons. The summed E-state index contributed by atoms with van der Waals surface area (Å²) in [6, 6.07) is 25.3. The molecule has 0 saturated carbocycles. The van der Waals surface area contributed by atoms with Gasteiger partial charge in [-0.25, -0.2) is 19.9 Å². The molecule has 0 saturated heterocycles. The highest BCUT2D eigenvalue weighted by molar-refractivity contribution is 5.80. The van der Waals surface area contributed by atoms with E-state index >= 15 is 0 Å². The Kier molecular flexibility index (Phi) is 21.0. The fourth-order valence-electron chi connectivity index (χ4n) is 11.0. The fourth-order valence-corrected chi connectivity index (χ4v) is 11.0. The zero-order valence-electron chi connectivity index (χ0n) is 50.5. The summed E-state index contributed by atoms with van der Waals surface area (Å²) in [7, 11) is 20.6. The molecule has 4 heterocycles. The lowest BCUT2D eigenvalue weighted by Crippen LogP contribution is -2.42. The predicted octanol–water partition coefficient (Wildman–Crippen LogP) is 10.9. The van der Waals surface area contributed by atoms with Crippen LogP contribution in [0.1, 0.15) is 97.2 Å². The minimum Gasteiger partial charge on any atom is -0.437 e. The molecule has 0 aliphatic heterocycles. The Morgan fingerprint density at radius 3 is 0.963 bits per heavy atom. The summed E-state index contributed by atoms with van der Waals surface area (Å²) in [6.07, 6.45) is 20.0. The number of aromatic nitrogens is 4. The van der Waals surface area contributed by atoms with Crippen LogP contribution in [0.25, 0.3) is 68.7 Å². The lowest BCUT2D eigenvalue weighted by atomic mass is 10.1. The van der Waals surface area contributed by atoms with Gasteiger partial charge < -0.3 is 47.1 Å². The highest BCUT2D eigenvalue weighted by atomic mass is 16.4. The summed E-state index contributed by atoms with van der Waals surface area (Å²) in [5, 5.41) is 4.91. The third kappa shape index (κ3) is 19.1. The van der Waals surface area contributed by atoms with Gasteiger partial charge in [0.2, 0.25) is 23.6 Å². The molecule has 16 nitrogen and oxygen atoms in total. The third-order valence-electron chi connectivity index (χ3n) is 16.0. The standard InChI is InChI=1S/C65H95N12O4/c1-73(37-17-45-77(8,9)41-13-21-53-25-29-61-57(49-53)72-65(81-61)33-31-63-70-55-47-51(23-27-59(55)79-63)19-11-39-75(4,5)43-15-35-67)68-36-16-44-76(6,7)40-12-20-52-24-28-60-56(48-52)71-64(80-60)32-30-62-69-54-46-50(22-26-58(54)78-62)18-10-38-74(2,3)42-14-34-66/h22-33,46-49H,10-21,34-45,66-67H2,1-9H3/q+5/b32-30+,33-31+,73-68+. The van der Waals surface area contributed by atoms with Gasteiger partial charge in [0.15, 0.2) is 35.9 Å². The Labute approximate surface area is 481 Å². The molecule has 0 unspecified atom stereocenters. The van der Waals surface area contributed by atoms with E-state index in [4.69, 9.17) is 54.2 Å². The number of rotatable bonds is 34. The summed E-state index contributed by atoms with van der Waals surface area (Å²) >= 11 is 0. The SMILES string of the molecule is C/[N+](CCC[N+](C)(C)CCCc1ccc2oc(/C=C/c3nc4cc(CCC[N+](C)(C)CCCN)ccc4o3)nc2c1)=N\CCC[N+](C)(C)CCCc1ccc2oc(/C=C/c3nc4cc(CCC[N+](C)(C)CCCN)ccc4o3)nc2c1. The fraction of sp³-hybridized carbons (Fsp3) is 0.508. The van der Waals surface area contributed by atoms with Crippen LogP contribution in [-0.2, 0) is 25.7 Å². The van der Waals surface area contributed by atoms with Crippen LogP contribution in [-0.4, -0.2) is 185 Å². The number of fused-ring (bicyclic) bond motifs is 4. The Morgan fingerprint density at radius 2 is 0.667 bits per heavy atom. The topological polar surface area (TPSA) is 172 Å². The zero-order chi connectivity index (χ0) is 57.5. The number of hydrogen-bond donors (Lipinski definition) is 2. The molecule has 0 fully saturated rings. The molecular weight excluding hydrogens is 1010 g/mol. The van der Waals surface area contributed by atoms with Gasteiger partial charge in [-0.1, -0.05) is 24.3 Å². The first-order valence-electron chi connectivity index (χ1n) is 29.8. The van der Waals surface area contributed by atoms with Crippen LogP contribution in [0.2, 0.25) is 0 Å². The lowest BCUT2D eigenvalue weighted by Gasteiger charge is -2.29.